The third-order valence-electron chi connectivity index (χ3n) is 4.61. The SMILES string of the molecule is CC1(C(=O)N2CCCC(CN)C2)CCCCC1. The van der Waals surface area contributed by atoms with Crippen molar-refractivity contribution in [2.24, 2.45) is 17.1 Å². The molecule has 2 rings (SSSR count). The van der Waals surface area contributed by atoms with Gasteiger partial charge in [0.2, 0.25) is 5.91 Å². The van der Waals surface area contributed by atoms with Gasteiger partial charge in [-0.25, -0.2) is 0 Å². The first-order valence-electron chi connectivity index (χ1n) is 7.15. The molecule has 2 aliphatic rings. The van der Waals surface area contributed by atoms with Crippen LogP contribution in [0.25, 0.3) is 0 Å². The molecule has 0 aromatic heterocycles. The fourth-order valence-electron chi connectivity index (χ4n) is 3.37. The van der Waals surface area contributed by atoms with Gasteiger partial charge in [-0.15, -0.1) is 0 Å². The van der Waals surface area contributed by atoms with Crippen LogP contribution in [0.4, 0.5) is 0 Å². The lowest BCUT2D eigenvalue weighted by molar-refractivity contribution is -0.144. The predicted molar refractivity (Wildman–Crippen MR) is 69.6 cm³/mol. The number of rotatable bonds is 2. The van der Waals surface area contributed by atoms with Gasteiger partial charge in [0.25, 0.3) is 0 Å². The van der Waals surface area contributed by atoms with Gasteiger partial charge in [0.15, 0.2) is 0 Å². The number of hydrogen-bond donors (Lipinski definition) is 1. The lowest BCUT2D eigenvalue weighted by Crippen LogP contribution is -2.48. The molecule has 1 saturated carbocycles. The van der Waals surface area contributed by atoms with E-state index < -0.39 is 0 Å². The minimum Gasteiger partial charge on any atom is -0.342 e. The van der Waals surface area contributed by atoms with Crippen LogP contribution in [0, 0.1) is 11.3 Å². The van der Waals surface area contributed by atoms with E-state index in [1.165, 1.54) is 25.7 Å². The summed E-state index contributed by atoms with van der Waals surface area (Å²) >= 11 is 0. The van der Waals surface area contributed by atoms with E-state index in [9.17, 15) is 4.79 Å². The van der Waals surface area contributed by atoms with E-state index >= 15 is 0 Å². The Morgan fingerprint density at radius 3 is 2.65 bits per heavy atom. The summed E-state index contributed by atoms with van der Waals surface area (Å²) in [5, 5.41) is 0. The van der Waals surface area contributed by atoms with E-state index in [2.05, 4.69) is 11.8 Å². The molecule has 1 saturated heterocycles. The monoisotopic (exact) mass is 238 g/mol. The summed E-state index contributed by atoms with van der Waals surface area (Å²) in [7, 11) is 0. The predicted octanol–water partition coefficient (Wildman–Crippen LogP) is 2.15. The molecule has 3 heteroatoms. The van der Waals surface area contributed by atoms with Gasteiger partial charge in [0.05, 0.1) is 0 Å². The Labute approximate surface area is 105 Å². The summed E-state index contributed by atoms with van der Waals surface area (Å²) in [6.07, 6.45) is 8.22. The van der Waals surface area contributed by atoms with Crippen LogP contribution in [-0.4, -0.2) is 30.4 Å². The lowest BCUT2D eigenvalue weighted by Gasteiger charge is -2.40. The highest BCUT2D eigenvalue weighted by atomic mass is 16.2. The summed E-state index contributed by atoms with van der Waals surface area (Å²) in [5.41, 5.74) is 5.66. The highest BCUT2D eigenvalue weighted by molar-refractivity contribution is 5.82. The van der Waals surface area contributed by atoms with Crippen molar-refractivity contribution in [3.05, 3.63) is 0 Å². The molecule has 0 bridgehead atoms. The van der Waals surface area contributed by atoms with E-state index in [1.54, 1.807) is 0 Å². The van der Waals surface area contributed by atoms with Crippen LogP contribution in [0.2, 0.25) is 0 Å². The van der Waals surface area contributed by atoms with Gasteiger partial charge in [-0.05, 0) is 38.1 Å². The Bertz CT molecular complexity index is 271. The van der Waals surface area contributed by atoms with E-state index in [1.807, 2.05) is 0 Å². The van der Waals surface area contributed by atoms with Crippen molar-refractivity contribution in [2.45, 2.75) is 51.9 Å². The third-order valence-corrected chi connectivity index (χ3v) is 4.61. The zero-order valence-corrected chi connectivity index (χ0v) is 11.1. The summed E-state index contributed by atoms with van der Waals surface area (Å²) in [4.78, 5) is 14.7. The van der Waals surface area contributed by atoms with Gasteiger partial charge < -0.3 is 10.6 Å². The Balaban J connectivity index is 1.98. The first-order chi connectivity index (χ1) is 8.15. The van der Waals surface area contributed by atoms with Crippen molar-refractivity contribution >= 4 is 5.91 Å². The van der Waals surface area contributed by atoms with Crippen molar-refractivity contribution in [2.75, 3.05) is 19.6 Å². The minimum atomic E-state index is -0.0747. The Hall–Kier alpha value is -0.570. The summed E-state index contributed by atoms with van der Waals surface area (Å²) in [6.45, 7) is 4.73. The molecule has 1 unspecified atom stereocenters. The molecule has 1 aliphatic carbocycles. The van der Waals surface area contributed by atoms with Gasteiger partial charge in [-0.3, -0.25) is 4.79 Å². The molecule has 2 N–H and O–H groups in total. The van der Waals surface area contributed by atoms with Crippen LogP contribution >= 0.6 is 0 Å². The van der Waals surface area contributed by atoms with Crippen LogP contribution in [0.3, 0.4) is 0 Å². The van der Waals surface area contributed by atoms with Crippen molar-refractivity contribution in [1.29, 1.82) is 0 Å². The average molecular weight is 238 g/mol. The van der Waals surface area contributed by atoms with E-state index in [0.29, 0.717) is 11.8 Å². The molecule has 0 aromatic carbocycles. The van der Waals surface area contributed by atoms with E-state index in [-0.39, 0.29) is 5.41 Å². The Kier molecular flexibility index (Phi) is 4.08. The van der Waals surface area contributed by atoms with Crippen molar-refractivity contribution in [3.8, 4) is 0 Å². The molecule has 1 aliphatic heterocycles. The number of carbonyl (C=O) groups excluding carboxylic acids is 1. The van der Waals surface area contributed by atoms with Gasteiger partial charge in [0.1, 0.15) is 0 Å². The zero-order valence-electron chi connectivity index (χ0n) is 11.1. The van der Waals surface area contributed by atoms with Crippen LogP contribution in [-0.2, 0) is 4.79 Å². The molecule has 1 heterocycles. The molecule has 2 fully saturated rings. The standard InChI is InChI=1S/C14H26N2O/c1-14(7-3-2-4-8-14)13(17)16-9-5-6-12(10-15)11-16/h12H,2-11,15H2,1H3. The zero-order chi connectivity index (χ0) is 12.3. The van der Waals surface area contributed by atoms with Crippen molar-refractivity contribution in [3.63, 3.8) is 0 Å². The fraction of sp³-hybridized carbons (Fsp3) is 0.929. The van der Waals surface area contributed by atoms with Gasteiger partial charge in [-0.2, -0.15) is 0 Å². The van der Waals surface area contributed by atoms with Crippen LogP contribution < -0.4 is 5.73 Å². The molecule has 0 radical (unpaired) electrons. The highest BCUT2D eigenvalue weighted by Gasteiger charge is 2.38. The molecule has 3 nitrogen and oxygen atoms in total. The number of amides is 1. The van der Waals surface area contributed by atoms with Gasteiger partial charge in [-0.1, -0.05) is 26.2 Å². The maximum atomic E-state index is 12.6. The molecule has 17 heavy (non-hydrogen) atoms. The maximum Gasteiger partial charge on any atom is 0.228 e. The second-order valence-corrected chi connectivity index (χ2v) is 6.12. The van der Waals surface area contributed by atoms with Crippen LogP contribution in [0.15, 0.2) is 0 Å². The molecule has 1 atom stereocenters. The second kappa shape index (κ2) is 5.38. The quantitative estimate of drug-likeness (QED) is 0.801. The largest absolute Gasteiger partial charge is 0.342 e. The molecular formula is C14H26N2O. The normalized spacial score (nSPS) is 29.1. The fourth-order valence-corrected chi connectivity index (χ4v) is 3.37. The number of hydrogen-bond acceptors (Lipinski definition) is 2. The molecule has 0 aromatic rings. The third kappa shape index (κ3) is 2.82. The number of likely N-dealkylation sites (tertiary alicyclic amines) is 1. The number of nitrogens with two attached hydrogens (primary N) is 1. The maximum absolute atomic E-state index is 12.6. The first kappa shape index (κ1) is 12.9. The van der Waals surface area contributed by atoms with E-state index in [4.69, 9.17) is 5.73 Å². The average Bonchev–Trinajstić information content (AvgIpc) is 2.39. The van der Waals surface area contributed by atoms with Gasteiger partial charge in [0, 0.05) is 18.5 Å². The van der Waals surface area contributed by atoms with Crippen LogP contribution in [0.5, 0.6) is 0 Å². The minimum absolute atomic E-state index is 0.0747. The molecular weight excluding hydrogens is 212 g/mol. The topological polar surface area (TPSA) is 46.3 Å². The number of carbonyl (C=O) groups is 1. The van der Waals surface area contributed by atoms with Crippen LogP contribution in [0.1, 0.15) is 51.9 Å². The van der Waals surface area contributed by atoms with E-state index in [0.717, 1.165) is 38.9 Å². The Morgan fingerprint density at radius 2 is 2.00 bits per heavy atom. The lowest BCUT2D eigenvalue weighted by atomic mass is 9.74. The summed E-state index contributed by atoms with van der Waals surface area (Å²) < 4.78 is 0. The second-order valence-electron chi connectivity index (χ2n) is 6.12. The molecule has 0 spiro atoms. The molecule has 98 valence electrons. The highest BCUT2D eigenvalue weighted by Crippen LogP contribution is 2.38. The number of piperidine rings is 1. The summed E-state index contributed by atoms with van der Waals surface area (Å²) in [5.74, 6) is 0.926. The Morgan fingerprint density at radius 1 is 1.29 bits per heavy atom. The number of nitrogens with zero attached hydrogens (tertiary/aromatic N) is 1. The summed E-state index contributed by atoms with van der Waals surface area (Å²) in [6, 6.07) is 0. The van der Waals surface area contributed by atoms with Crippen molar-refractivity contribution < 1.29 is 4.79 Å². The van der Waals surface area contributed by atoms with Crippen molar-refractivity contribution in [1.82, 2.24) is 4.90 Å². The smallest absolute Gasteiger partial charge is 0.228 e. The van der Waals surface area contributed by atoms with Gasteiger partial charge >= 0.3 is 0 Å². The first-order valence-corrected chi connectivity index (χ1v) is 7.15. The molecule has 1 amide bonds.